The van der Waals surface area contributed by atoms with Crippen LogP contribution in [0.25, 0.3) is 86.6 Å². The third-order valence-corrected chi connectivity index (χ3v) is 18.7. The van der Waals surface area contributed by atoms with E-state index in [2.05, 4.69) is 253 Å². The van der Waals surface area contributed by atoms with Gasteiger partial charge in [0.1, 0.15) is 46.4 Å². The van der Waals surface area contributed by atoms with Gasteiger partial charge in [-0.05, 0) is 146 Å². The Morgan fingerprint density at radius 3 is 1.76 bits per heavy atom. The van der Waals surface area contributed by atoms with E-state index in [0.29, 0.717) is 0 Å². The van der Waals surface area contributed by atoms with Crippen molar-refractivity contribution in [2.45, 2.75) is 11.9 Å². The average molecular weight is 1040 g/mol. The summed E-state index contributed by atoms with van der Waals surface area (Å²) >= 11 is 1.89. The Bertz CT molecular complexity index is 4830. The van der Waals surface area contributed by atoms with Crippen molar-refractivity contribution < 1.29 is 18.9 Å². The summed E-state index contributed by atoms with van der Waals surface area (Å²) < 4.78 is 32.2. The average Bonchev–Trinajstić information content (AvgIpc) is 3.93. The summed E-state index contributed by atoms with van der Waals surface area (Å²) in [5.41, 5.74) is 18.3. The lowest BCUT2D eigenvalue weighted by Gasteiger charge is -2.43. The number of benzene rings is 11. The molecule has 0 bridgehead atoms. The molecule has 0 spiro atoms. The lowest BCUT2D eigenvalue weighted by molar-refractivity contribution is 0.220. The fourth-order valence-corrected chi connectivity index (χ4v) is 15.3. The lowest BCUT2D eigenvalue weighted by Crippen LogP contribution is -2.58. The number of fused-ring (bicyclic) bond motifs is 15. The maximum atomic E-state index is 6.88. The lowest BCUT2D eigenvalue weighted by atomic mass is 9.30. The van der Waals surface area contributed by atoms with Crippen molar-refractivity contribution in [2.75, 3.05) is 0 Å². The molecule has 2 unspecified atom stereocenters. The van der Waals surface area contributed by atoms with Crippen molar-refractivity contribution >= 4 is 99.6 Å². The molecule has 2 aromatic heterocycles. The Labute approximate surface area is 466 Å². The van der Waals surface area contributed by atoms with E-state index >= 15 is 0 Å². The van der Waals surface area contributed by atoms with Crippen LogP contribution < -0.4 is 46.3 Å². The molecule has 1 aliphatic carbocycles. The molecule has 0 radical (unpaired) electrons. The highest BCUT2D eigenvalue weighted by atomic mass is 32.1. The molecule has 80 heavy (non-hydrogen) atoms. The van der Waals surface area contributed by atoms with Gasteiger partial charge in [-0.1, -0.05) is 164 Å². The monoisotopic (exact) mass is 1040 g/mol. The van der Waals surface area contributed by atoms with Crippen LogP contribution in [0, 0.1) is 0 Å². The first-order valence-electron chi connectivity index (χ1n) is 27.5. The molecule has 8 heteroatoms. The minimum Gasteiger partial charge on any atom is -0.487 e. The molecule has 11 aromatic carbocycles. The van der Waals surface area contributed by atoms with E-state index in [1.54, 1.807) is 0 Å². The quantitative estimate of drug-likeness (QED) is 0.161. The second-order valence-corrected chi connectivity index (χ2v) is 22.7. The highest BCUT2D eigenvalue weighted by Crippen LogP contribution is 2.51. The molecule has 0 fully saturated rings. The number of para-hydroxylation sites is 6. The largest absolute Gasteiger partial charge is 0.487 e. The minimum atomic E-state index is -0.187. The number of hydrogen-bond acceptors (Lipinski definition) is 5. The number of aromatic nitrogens is 1. The molecule has 5 aliphatic rings. The van der Waals surface area contributed by atoms with Crippen LogP contribution in [-0.2, 0) is 0 Å². The van der Waals surface area contributed by atoms with Crippen LogP contribution in [0.15, 0.2) is 254 Å². The second kappa shape index (κ2) is 16.9. The molecule has 13 aromatic rings. The number of rotatable bonds is 5. The molecule has 4 aliphatic heterocycles. The first kappa shape index (κ1) is 44.3. The van der Waals surface area contributed by atoms with E-state index < -0.39 is 0 Å². The molecule has 0 saturated heterocycles. The van der Waals surface area contributed by atoms with E-state index in [1.165, 1.54) is 64.0 Å². The molecular formula is C72H43B2NO4S. The van der Waals surface area contributed by atoms with Crippen molar-refractivity contribution in [1.82, 2.24) is 4.57 Å². The highest BCUT2D eigenvalue weighted by Gasteiger charge is 2.49. The molecular weight excluding hydrogens is 996 g/mol. The van der Waals surface area contributed by atoms with Crippen molar-refractivity contribution in [1.29, 1.82) is 0 Å². The number of nitrogens with zero attached hydrogens (tertiary/aromatic N) is 1. The molecule has 0 N–H and O–H groups in total. The normalized spacial score (nSPS) is 16.0. The Morgan fingerprint density at radius 1 is 0.412 bits per heavy atom. The first-order chi connectivity index (χ1) is 39.6. The molecule has 372 valence electrons. The van der Waals surface area contributed by atoms with Crippen LogP contribution in [0.5, 0.6) is 34.5 Å². The third kappa shape index (κ3) is 6.42. The van der Waals surface area contributed by atoms with Gasteiger partial charge in [0, 0.05) is 53.5 Å². The van der Waals surface area contributed by atoms with Crippen molar-refractivity contribution in [2.24, 2.45) is 0 Å². The summed E-state index contributed by atoms with van der Waals surface area (Å²) in [6, 6.07) is 85.4. The maximum Gasteiger partial charge on any atom is 0.260 e. The fraction of sp³-hybridized carbons (Fsp3) is 0.0278. The van der Waals surface area contributed by atoms with Gasteiger partial charge in [0.25, 0.3) is 6.71 Å². The Kier molecular flexibility index (Phi) is 9.34. The van der Waals surface area contributed by atoms with Crippen LogP contribution in [0.2, 0.25) is 5.82 Å². The molecule has 5 nitrogen and oxygen atoms in total. The van der Waals surface area contributed by atoms with E-state index in [1.807, 2.05) is 11.3 Å². The molecule has 2 atom stereocenters. The van der Waals surface area contributed by atoms with Crippen molar-refractivity contribution in [3.05, 3.63) is 260 Å². The fourth-order valence-electron chi connectivity index (χ4n) is 14.0. The van der Waals surface area contributed by atoms with Gasteiger partial charge in [0.2, 0.25) is 6.71 Å². The summed E-state index contributed by atoms with van der Waals surface area (Å²) in [7, 11) is 0. The summed E-state index contributed by atoms with van der Waals surface area (Å²) in [4.78, 5) is 0. The van der Waals surface area contributed by atoms with Crippen LogP contribution >= 0.6 is 11.3 Å². The summed E-state index contributed by atoms with van der Waals surface area (Å²) in [5, 5.41) is 4.90. The number of allylic oxidation sites excluding steroid dienone is 2. The molecule has 0 saturated carbocycles. The zero-order valence-electron chi connectivity index (χ0n) is 43.0. The number of thiophene rings is 1. The van der Waals surface area contributed by atoms with Crippen molar-refractivity contribution in [3.63, 3.8) is 0 Å². The second-order valence-electron chi connectivity index (χ2n) is 21.7. The van der Waals surface area contributed by atoms with E-state index in [0.717, 1.165) is 95.7 Å². The van der Waals surface area contributed by atoms with Gasteiger partial charge in [0.05, 0.1) is 11.0 Å². The van der Waals surface area contributed by atoms with E-state index in [-0.39, 0.29) is 25.3 Å². The van der Waals surface area contributed by atoms with Crippen LogP contribution in [-0.4, -0.2) is 24.1 Å². The van der Waals surface area contributed by atoms with Gasteiger partial charge in [-0.25, -0.2) is 0 Å². The van der Waals surface area contributed by atoms with Crippen LogP contribution in [0.3, 0.4) is 0 Å². The van der Waals surface area contributed by atoms with Crippen molar-refractivity contribution in [3.8, 4) is 73.6 Å². The highest BCUT2D eigenvalue weighted by molar-refractivity contribution is 7.27. The maximum absolute atomic E-state index is 6.88. The number of ether oxygens (including phenoxy) is 4. The van der Waals surface area contributed by atoms with E-state index in [4.69, 9.17) is 18.9 Å². The van der Waals surface area contributed by atoms with E-state index in [9.17, 15) is 0 Å². The molecule has 6 heterocycles. The van der Waals surface area contributed by atoms with Gasteiger partial charge in [-0.2, -0.15) is 0 Å². The minimum absolute atomic E-state index is 0.0148. The van der Waals surface area contributed by atoms with Gasteiger partial charge in [0.15, 0.2) is 0 Å². The summed E-state index contributed by atoms with van der Waals surface area (Å²) in [6.07, 6.45) is 4.39. The van der Waals surface area contributed by atoms with Gasteiger partial charge < -0.3 is 23.5 Å². The van der Waals surface area contributed by atoms with Gasteiger partial charge in [-0.3, -0.25) is 0 Å². The van der Waals surface area contributed by atoms with Crippen LogP contribution in [0.1, 0.15) is 5.56 Å². The zero-order valence-corrected chi connectivity index (χ0v) is 43.8. The predicted octanol–water partition coefficient (Wildman–Crippen LogP) is 15.0. The Balaban J connectivity index is 0.817. The predicted molar refractivity (Wildman–Crippen MR) is 330 cm³/mol. The Hall–Kier alpha value is -9.75. The third-order valence-electron chi connectivity index (χ3n) is 17.4. The van der Waals surface area contributed by atoms with Gasteiger partial charge >= 0.3 is 0 Å². The van der Waals surface area contributed by atoms with Crippen LogP contribution in [0.4, 0.5) is 0 Å². The first-order valence-corrected chi connectivity index (χ1v) is 28.3. The summed E-state index contributed by atoms with van der Waals surface area (Å²) in [5.74, 6) is 6.25. The standard InChI is InChI=1S/C72H43B2NO4S/c1-2-21-48(22-3-1)75-58-30-9-4-23-50(58)53-41-52(45-20-15-18-43(36-45)47-39-65-69-66(40-47)79-62-34-13-8-29-57(62)74(69)56-28-7-12-33-61(56)78-65)72-67(70(53)75)51-25-16-24-49(71(51)80-72)44-19-14-17-42(35-44)46-37-63-68-64(38-46)77-60-32-11-6-27-55(60)73(68)54-26-5-10-31-59(54)76-63/h1-41,63,68H. The molecule has 0 amide bonds. The topological polar surface area (TPSA) is 41.9 Å². The number of hydrogen-bond donors (Lipinski definition) is 0. The Morgan fingerprint density at radius 2 is 1.00 bits per heavy atom. The van der Waals surface area contributed by atoms with Gasteiger partial charge in [-0.15, -0.1) is 11.3 Å². The molecule has 18 rings (SSSR count). The SMILES string of the molecule is C1=C(c2cccc(-c3cccc4c3sc3c(-c5cccc(-c6cc7c8c(c6)Oc6ccccc6B8c6ccccc6O7)c5)cc5c6ccccc6n(-c6ccccc6)c5c34)c2)C=C2Oc3ccccc3B3c4ccccc4OC1C32. The zero-order chi connectivity index (χ0) is 52.2. The smallest absolute Gasteiger partial charge is 0.260 e. The summed E-state index contributed by atoms with van der Waals surface area (Å²) in [6.45, 7) is 0.154.